The summed E-state index contributed by atoms with van der Waals surface area (Å²) in [6.45, 7) is 6.08. The molecule has 240 valence electrons. The second kappa shape index (κ2) is 16.0. The Morgan fingerprint density at radius 3 is 1.65 bits per heavy atom. The minimum Gasteiger partial charge on any atom is -0.466 e. The van der Waals surface area contributed by atoms with Crippen molar-refractivity contribution < 1.29 is 35.8 Å². The normalized spacial score (nSPS) is 17.9. The van der Waals surface area contributed by atoms with Gasteiger partial charge in [-0.1, -0.05) is 36.5 Å². The SMILES string of the molecule is CCCCc1cc(Cl)cc(S(=O)(=O)N(C)C[C@H]2CO2)c1.CCOC(=O)CCc1cc(Cl)cc(S(=O)(=O)N(C)C[C@H]2CO2)c1. The zero-order valence-corrected chi connectivity index (χ0v) is 28.1. The van der Waals surface area contributed by atoms with Crippen molar-refractivity contribution in [2.45, 2.75) is 68.0 Å². The Balaban J connectivity index is 0.000000238. The molecule has 2 aliphatic heterocycles. The van der Waals surface area contributed by atoms with Crippen LogP contribution in [0.5, 0.6) is 0 Å². The molecule has 14 heteroatoms. The van der Waals surface area contributed by atoms with Gasteiger partial charge in [-0.15, -0.1) is 0 Å². The lowest BCUT2D eigenvalue weighted by Crippen LogP contribution is -2.30. The van der Waals surface area contributed by atoms with Crippen molar-refractivity contribution in [2.75, 3.05) is 47.0 Å². The van der Waals surface area contributed by atoms with E-state index in [1.165, 1.54) is 27.8 Å². The number of halogens is 2. The highest BCUT2D eigenvalue weighted by Gasteiger charge is 2.31. The number of likely N-dealkylation sites (N-methyl/N-ethyl adjacent to an activating group) is 2. The smallest absolute Gasteiger partial charge is 0.306 e. The van der Waals surface area contributed by atoms with E-state index in [2.05, 4.69) is 6.92 Å². The number of rotatable bonds is 15. The van der Waals surface area contributed by atoms with E-state index < -0.39 is 20.0 Å². The van der Waals surface area contributed by atoms with Crippen LogP contribution >= 0.6 is 23.2 Å². The van der Waals surface area contributed by atoms with Crippen LogP contribution in [0.2, 0.25) is 10.0 Å². The molecule has 2 atom stereocenters. The van der Waals surface area contributed by atoms with Gasteiger partial charge in [-0.25, -0.2) is 16.8 Å². The number of ether oxygens (including phenoxy) is 3. The highest BCUT2D eigenvalue weighted by molar-refractivity contribution is 7.89. The van der Waals surface area contributed by atoms with Crippen molar-refractivity contribution in [1.29, 1.82) is 0 Å². The number of sulfonamides is 2. The van der Waals surface area contributed by atoms with Gasteiger partial charge in [0.25, 0.3) is 0 Å². The molecule has 2 aromatic rings. The zero-order valence-electron chi connectivity index (χ0n) is 24.9. The maximum absolute atomic E-state index is 12.6. The molecule has 0 saturated carbocycles. The fraction of sp³-hybridized carbons (Fsp3) is 0.552. The molecule has 2 heterocycles. The van der Waals surface area contributed by atoms with E-state index in [4.69, 9.17) is 37.4 Å². The second-order valence-electron chi connectivity index (χ2n) is 10.5. The Kier molecular flexibility index (Phi) is 13.3. The fourth-order valence-corrected chi connectivity index (χ4v) is 7.41. The number of nitrogens with zero attached hydrogens (tertiary/aromatic N) is 2. The van der Waals surface area contributed by atoms with E-state index >= 15 is 0 Å². The van der Waals surface area contributed by atoms with Crippen LogP contribution in [0.4, 0.5) is 0 Å². The van der Waals surface area contributed by atoms with Gasteiger partial charge >= 0.3 is 5.97 Å². The molecule has 0 aromatic heterocycles. The zero-order chi connectivity index (χ0) is 31.8. The number of carbonyl (C=O) groups excluding carboxylic acids is 1. The fourth-order valence-electron chi connectivity index (χ4n) is 4.17. The summed E-state index contributed by atoms with van der Waals surface area (Å²) in [5, 5.41) is 0.786. The van der Waals surface area contributed by atoms with Crippen molar-refractivity contribution in [2.24, 2.45) is 0 Å². The van der Waals surface area contributed by atoms with Gasteiger partial charge in [-0.2, -0.15) is 8.61 Å². The number of carbonyl (C=O) groups is 1. The van der Waals surface area contributed by atoms with E-state index in [1.54, 1.807) is 32.2 Å². The Bertz CT molecular complexity index is 1460. The van der Waals surface area contributed by atoms with Gasteiger partial charge in [0, 0.05) is 43.7 Å². The number of unbranched alkanes of at least 4 members (excludes halogenated alkanes) is 1. The number of hydrogen-bond acceptors (Lipinski definition) is 8. The molecule has 0 radical (unpaired) electrons. The summed E-state index contributed by atoms with van der Waals surface area (Å²) in [4.78, 5) is 11.8. The quantitative estimate of drug-likeness (QED) is 0.198. The minimum atomic E-state index is -3.64. The molecule has 0 spiro atoms. The largest absolute Gasteiger partial charge is 0.466 e. The molecular formula is C29H40Cl2N2O8S2. The first-order valence-corrected chi connectivity index (χ1v) is 17.8. The summed E-state index contributed by atoms with van der Waals surface area (Å²) in [5.41, 5.74) is 1.65. The first kappa shape index (κ1) is 35.7. The van der Waals surface area contributed by atoms with Gasteiger partial charge in [-0.3, -0.25) is 4.79 Å². The van der Waals surface area contributed by atoms with Crippen LogP contribution in [-0.2, 0) is 51.9 Å². The van der Waals surface area contributed by atoms with Crippen LogP contribution in [-0.4, -0.2) is 90.6 Å². The first-order chi connectivity index (χ1) is 20.3. The topological polar surface area (TPSA) is 126 Å². The Morgan fingerprint density at radius 1 is 0.814 bits per heavy atom. The molecule has 2 saturated heterocycles. The Hall–Kier alpha value is -1.77. The second-order valence-corrected chi connectivity index (χ2v) is 15.4. The Morgan fingerprint density at radius 2 is 1.26 bits per heavy atom. The number of esters is 1. The molecule has 0 aliphatic carbocycles. The van der Waals surface area contributed by atoms with E-state index in [0.29, 0.717) is 54.9 Å². The summed E-state index contributed by atoms with van der Waals surface area (Å²) < 4.78 is 67.7. The highest BCUT2D eigenvalue weighted by atomic mass is 35.5. The van der Waals surface area contributed by atoms with Crippen LogP contribution in [0, 0.1) is 0 Å². The third-order valence-corrected chi connectivity index (χ3v) is 10.8. The lowest BCUT2D eigenvalue weighted by molar-refractivity contribution is -0.143. The monoisotopic (exact) mass is 678 g/mol. The summed E-state index contributed by atoms with van der Waals surface area (Å²) in [7, 11) is -4.05. The lowest BCUT2D eigenvalue weighted by atomic mass is 10.1. The van der Waals surface area contributed by atoms with Crippen LogP contribution in [0.15, 0.2) is 46.2 Å². The number of epoxide rings is 2. The summed E-state index contributed by atoms with van der Waals surface area (Å²) in [6.07, 6.45) is 3.48. The molecule has 4 rings (SSSR count). The van der Waals surface area contributed by atoms with Crippen LogP contribution in [0.25, 0.3) is 0 Å². The van der Waals surface area contributed by atoms with Crippen molar-refractivity contribution in [1.82, 2.24) is 8.61 Å². The Labute approximate surface area is 265 Å². The molecule has 0 N–H and O–H groups in total. The minimum absolute atomic E-state index is 0.0303. The molecule has 43 heavy (non-hydrogen) atoms. The predicted octanol–water partition coefficient (Wildman–Crippen LogP) is 4.56. The number of hydrogen-bond donors (Lipinski definition) is 0. The molecule has 0 amide bonds. The van der Waals surface area contributed by atoms with Crippen LogP contribution < -0.4 is 0 Å². The molecule has 2 fully saturated rings. The third-order valence-electron chi connectivity index (χ3n) is 6.75. The predicted molar refractivity (Wildman–Crippen MR) is 166 cm³/mol. The average molecular weight is 680 g/mol. The van der Waals surface area contributed by atoms with Gasteiger partial charge in [0.05, 0.1) is 41.8 Å². The summed E-state index contributed by atoms with van der Waals surface area (Å²) >= 11 is 12.1. The molecule has 0 bridgehead atoms. The van der Waals surface area contributed by atoms with E-state index in [1.807, 2.05) is 6.07 Å². The molecule has 2 aromatic carbocycles. The highest BCUT2D eigenvalue weighted by Crippen LogP contribution is 2.25. The average Bonchev–Trinajstić information content (AvgIpc) is 3.88. The first-order valence-electron chi connectivity index (χ1n) is 14.2. The van der Waals surface area contributed by atoms with Crippen molar-refractivity contribution in [3.63, 3.8) is 0 Å². The van der Waals surface area contributed by atoms with E-state index in [0.717, 1.165) is 24.8 Å². The maximum Gasteiger partial charge on any atom is 0.306 e. The van der Waals surface area contributed by atoms with E-state index in [9.17, 15) is 21.6 Å². The molecular weight excluding hydrogens is 639 g/mol. The van der Waals surface area contributed by atoms with Gasteiger partial charge in [0.2, 0.25) is 20.0 Å². The molecule has 10 nitrogen and oxygen atoms in total. The van der Waals surface area contributed by atoms with Gasteiger partial charge in [0.15, 0.2) is 0 Å². The third kappa shape index (κ3) is 11.3. The van der Waals surface area contributed by atoms with Gasteiger partial charge < -0.3 is 14.2 Å². The number of benzene rings is 2. The number of aryl methyl sites for hydroxylation is 2. The van der Waals surface area contributed by atoms with Gasteiger partial charge in [0.1, 0.15) is 0 Å². The van der Waals surface area contributed by atoms with Crippen LogP contribution in [0.3, 0.4) is 0 Å². The van der Waals surface area contributed by atoms with Crippen molar-refractivity contribution >= 4 is 49.2 Å². The summed E-state index contributed by atoms with van der Waals surface area (Å²) in [6, 6.07) is 9.68. The summed E-state index contributed by atoms with van der Waals surface area (Å²) in [5.74, 6) is -0.320. The standard InChI is InChI=1S/C15H20ClNO5S.C14H20ClNO3S/c1-3-21-15(18)5-4-11-6-12(16)8-14(7-11)23(19,20)17(2)9-13-10-22-13;1-3-4-5-11-6-12(15)8-14(7-11)20(17,18)16(2)9-13-10-19-13/h6-8,13H,3-5,9-10H2,1-2H3;6-8,13H,3-5,9-10H2,1-2H3/t2*13-/m00/s1. The molecule has 2 aliphatic rings. The van der Waals surface area contributed by atoms with Crippen LogP contribution in [0.1, 0.15) is 44.2 Å². The van der Waals surface area contributed by atoms with Gasteiger partial charge in [-0.05, 0) is 73.7 Å². The van der Waals surface area contributed by atoms with Crippen molar-refractivity contribution in [3.05, 3.63) is 57.6 Å². The van der Waals surface area contributed by atoms with E-state index in [-0.39, 0.29) is 34.4 Å². The molecule has 0 unspecified atom stereocenters. The maximum atomic E-state index is 12.6. The van der Waals surface area contributed by atoms with Crippen molar-refractivity contribution in [3.8, 4) is 0 Å². The lowest BCUT2D eigenvalue weighted by Gasteiger charge is -2.17.